The van der Waals surface area contributed by atoms with Crippen LogP contribution in [0, 0.1) is 5.92 Å². The molecule has 2 fully saturated rings. The molecule has 3 aliphatic rings. The van der Waals surface area contributed by atoms with Crippen LogP contribution in [0.5, 0.6) is 0 Å². The van der Waals surface area contributed by atoms with Crippen LogP contribution in [0.25, 0.3) is 0 Å². The molecule has 1 aromatic carbocycles. The molecule has 7 nitrogen and oxygen atoms in total. The summed E-state index contributed by atoms with van der Waals surface area (Å²) in [5, 5.41) is 2.80. The number of rotatable bonds is 4. The van der Waals surface area contributed by atoms with Crippen molar-refractivity contribution in [3.05, 3.63) is 64.1 Å². The van der Waals surface area contributed by atoms with E-state index in [1.165, 1.54) is 0 Å². The van der Waals surface area contributed by atoms with Crippen LogP contribution in [-0.2, 0) is 0 Å². The molecule has 3 aliphatic heterocycles. The number of hydrogen-bond acceptors (Lipinski definition) is 3. The molecule has 0 radical (unpaired) electrons. The van der Waals surface area contributed by atoms with E-state index in [2.05, 4.69) is 12.2 Å². The first-order valence-corrected chi connectivity index (χ1v) is 11.2. The molecule has 0 spiro atoms. The van der Waals surface area contributed by atoms with Crippen molar-refractivity contribution in [2.24, 2.45) is 5.92 Å². The maximum absolute atomic E-state index is 13.5. The second-order valence-corrected chi connectivity index (χ2v) is 8.85. The zero-order valence-corrected chi connectivity index (χ0v) is 17.8. The molecule has 7 heteroatoms. The van der Waals surface area contributed by atoms with Gasteiger partial charge in [0.2, 0.25) is 0 Å². The number of piperidine rings is 1. The molecule has 1 aromatic heterocycles. The zero-order chi connectivity index (χ0) is 21.5. The van der Waals surface area contributed by atoms with E-state index in [4.69, 9.17) is 0 Å². The van der Waals surface area contributed by atoms with Gasteiger partial charge in [0.1, 0.15) is 0 Å². The second-order valence-electron chi connectivity index (χ2n) is 8.85. The number of nitrogens with one attached hydrogen (secondary N) is 1. The van der Waals surface area contributed by atoms with Crippen molar-refractivity contribution < 1.29 is 9.59 Å². The molecule has 2 saturated heterocycles. The number of anilines is 1. The first-order chi connectivity index (χ1) is 15.1. The van der Waals surface area contributed by atoms with E-state index in [1.807, 2.05) is 45.9 Å². The summed E-state index contributed by atoms with van der Waals surface area (Å²) >= 11 is 0. The van der Waals surface area contributed by atoms with Gasteiger partial charge in [0.15, 0.2) is 0 Å². The number of nitrogens with zero attached hydrogens (tertiary/aromatic N) is 3. The molecule has 2 aromatic rings. The lowest BCUT2D eigenvalue weighted by molar-refractivity contribution is 0.0518. The number of amides is 3. The number of pyridine rings is 1. The summed E-state index contributed by atoms with van der Waals surface area (Å²) in [6.07, 6.45) is 2.96. The maximum Gasteiger partial charge on any atom is 0.321 e. The summed E-state index contributed by atoms with van der Waals surface area (Å²) < 4.78 is 2.00. The van der Waals surface area contributed by atoms with Crippen molar-refractivity contribution >= 4 is 17.6 Å². The Morgan fingerprint density at radius 3 is 2.74 bits per heavy atom. The molecule has 1 N–H and O–H groups in total. The van der Waals surface area contributed by atoms with Gasteiger partial charge in [0.05, 0.1) is 0 Å². The number of carbonyl (C=O) groups is 2. The van der Waals surface area contributed by atoms with Crippen molar-refractivity contribution in [1.29, 1.82) is 0 Å². The average Bonchev–Trinajstić information content (AvgIpc) is 3.22. The minimum Gasteiger partial charge on any atom is -0.338 e. The van der Waals surface area contributed by atoms with E-state index < -0.39 is 0 Å². The monoisotopic (exact) mass is 420 g/mol. The van der Waals surface area contributed by atoms with Crippen LogP contribution in [-0.4, -0.2) is 47.6 Å². The lowest BCUT2D eigenvalue weighted by atomic mass is 9.77. The standard InChI is InChI=1S/C24H28N4O3/c1-2-5-20-17-12-18(21-8-4-9-22(29)28(20)21)15-26(14-17)23(30)16-6-3-7-19(13-16)27-11-10-25-24(27)31/h3-4,6-9,13,17-18,20H,2,5,10-12,14-15H2,1H3,(H,25,31)/t17-,18+,20-/m0/s1. The van der Waals surface area contributed by atoms with E-state index >= 15 is 0 Å². The van der Waals surface area contributed by atoms with Gasteiger partial charge in [-0.15, -0.1) is 0 Å². The zero-order valence-electron chi connectivity index (χ0n) is 17.8. The van der Waals surface area contributed by atoms with Gasteiger partial charge >= 0.3 is 6.03 Å². The van der Waals surface area contributed by atoms with Crippen LogP contribution < -0.4 is 15.8 Å². The molecular weight excluding hydrogens is 392 g/mol. The molecule has 3 atom stereocenters. The lowest BCUT2D eigenvalue weighted by Gasteiger charge is -2.47. The van der Waals surface area contributed by atoms with Gasteiger partial charge in [0, 0.05) is 61.1 Å². The molecule has 0 unspecified atom stereocenters. The SMILES string of the molecule is CCC[C@H]1[C@H]2C[C@H](CN(C(=O)c3cccc(N4CCNC4=O)c3)C2)c2cccc(=O)n21. The second kappa shape index (κ2) is 7.87. The van der Waals surface area contributed by atoms with E-state index in [1.54, 1.807) is 11.0 Å². The first kappa shape index (κ1) is 19.8. The Labute approximate surface area is 181 Å². The van der Waals surface area contributed by atoms with Crippen molar-refractivity contribution in [3.8, 4) is 0 Å². The summed E-state index contributed by atoms with van der Waals surface area (Å²) in [5.74, 6) is 0.457. The fraction of sp³-hybridized carbons (Fsp3) is 0.458. The fourth-order valence-corrected chi connectivity index (χ4v) is 5.58. The number of fused-ring (bicyclic) bond motifs is 4. The molecule has 0 aliphatic carbocycles. The van der Waals surface area contributed by atoms with Gasteiger partial charge in [-0.2, -0.15) is 0 Å². The molecule has 162 valence electrons. The van der Waals surface area contributed by atoms with Crippen LogP contribution in [0.3, 0.4) is 0 Å². The highest BCUT2D eigenvalue weighted by Crippen LogP contribution is 2.43. The molecule has 0 saturated carbocycles. The summed E-state index contributed by atoms with van der Waals surface area (Å²) in [6, 6.07) is 12.9. The molecule has 5 rings (SSSR count). The normalized spacial score (nSPS) is 24.7. The fourth-order valence-electron chi connectivity index (χ4n) is 5.58. The Bertz CT molecular complexity index is 1080. The van der Waals surface area contributed by atoms with Gasteiger partial charge in [0.25, 0.3) is 11.5 Å². The first-order valence-electron chi connectivity index (χ1n) is 11.2. The van der Waals surface area contributed by atoms with E-state index in [0.29, 0.717) is 31.7 Å². The summed E-state index contributed by atoms with van der Waals surface area (Å²) in [4.78, 5) is 41.8. The quantitative estimate of drug-likeness (QED) is 0.826. The van der Waals surface area contributed by atoms with Gasteiger partial charge in [-0.1, -0.05) is 25.5 Å². The van der Waals surface area contributed by atoms with Crippen molar-refractivity contribution in [3.63, 3.8) is 0 Å². The van der Waals surface area contributed by atoms with E-state index in [9.17, 15) is 14.4 Å². The highest BCUT2D eigenvalue weighted by Gasteiger charge is 2.41. The number of likely N-dealkylation sites (tertiary alicyclic amines) is 1. The smallest absolute Gasteiger partial charge is 0.321 e. The largest absolute Gasteiger partial charge is 0.338 e. The Kier molecular flexibility index (Phi) is 5.04. The Hall–Kier alpha value is -3.09. The van der Waals surface area contributed by atoms with Crippen LogP contribution in [0.15, 0.2) is 47.3 Å². The number of hydrogen-bond donors (Lipinski definition) is 1. The van der Waals surface area contributed by atoms with Crippen LogP contribution in [0.4, 0.5) is 10.5 Å². The Balaban J connectivity index is 1.44. The molecule has 31 heavy (non-hydrogen) atoms. The highest BCUT2D eigenvalue weighted by atomic mass is 16.2. The van der Waals surface area contributed by atoms with Gasteiger partial charge in [-0.05, 0) is 43.0 Å². The van der Waals surface area contributed by atoms with Gasteiger partial charge in [-0.25, -0.2) is 4.79 Å². The summed E-state index contributed by atoms with van der Waals surface area (Å²) in [5.41, 5.74) is 2.48. The van der Waals surface area contributed by atoms with E-state index in [0.717, 1.165) is 30.6 Å². The molecule has 4 heterocycles. The van der Waals surface area contributed by atoms with Crippen LogP contribution in [0.1, 0.15) is 54.2 Å². The topological polar surface area (TPSA) is 74.7 Å². The average molecular weight is 421 g/mol. The van der Waals surface area contributed by atoms with Crippen molar-refractivity contribution in [2.45, 2.75) is 38.1 Å². The third-order valence-corrected chi connectivity index (χ3v) is 6.93. The molecule has 3 amide bonds. The number of carbonyl (C=O) groups excluding carboxylic acids is 2. The van der Waals surface area contributed by atoms with Gasteiger partial charge < -0.3 is 14.8 Å². The third-order valence-electron chi connectivity index (χ3n) is 6.93. The number of aromatic nitrogens is 1. The predicted octanol–water partition coefficient (Wildman–Crippen LogP) is 2.98. The van der Waals surface area contributed by atoms with Crippen molar-refractivity contribution in [1.82, 2.24) is 14.8 Å². The lowest BCUT2D eigenvalue weighted by Crippen LogP contribution is -2.51. The minimum absolute atomic E-state index is 0.00173. The third kappa shape index (κ3) is 3.42. The Morgan fingerprint density at radius 2 is 1.97 bits per heavy atom. The summed E-state index contributed by atoms with van der Waals surface area (Å²) in [7, 11) is 0. The van der Waals surface area contributed by atoms with E-state index in [-0.39, 0.29) is 35.4 Å². The number of urea groups is 1. The molecular formula is C24H28N4O3. The van der Waals surface area contributed by atoms with Crippen molar-refractivity contribution in [2.75, 3.05) is 31.1 Å². The molecule has 2 bridgehead atoms. The minimum atomic E-state index is -0.124. The maximum atomic E-state index is 13.5. The summed E-state index contributed by atoms with van der Waals surface area (Å²) in [6.45, 7) is 4.64. The van der Waals surface area contributed by atoms with Crippen LogP contribution in [0.2, 0.25) is 0 Å². The Morgan fingerprint density at radius 1 is 1.13 bits per heavy atom. The predicted molar refractivity (Wildman–Crippen MR) is 119 cm³/mol. The highest BCUT2D eigenvalue weighted by molar-refractivity contribution is 5.98. The number of benzene rings is 1. The van der Waals surface area contributed by atoms with Gasteiger partial charge in [-0.3, -0.25) is 14.5 Å². The van der Waals surface area contributed by atoms with Crippen LogP contribution >= 0.6 is 0 Å².